The number of hydrogen-bond donors (Lipinski definition) is 1. The number of carbonyl (C=O) groups excluding carboxylic acids is 1. The molecule has 0 saturated heterocycles. The monoisotopic (exact) mass is 222 g/mol. The van der Waals surface area contributed by atoms with Crippen molar-refractivity contribution in [2.75, 3.05) is 0 Å². The van der Waals surface area contributed by atoms with Gasteiger partial charge < -0.3 is 5.32 Å². The van der Waals surface area contributed by atoms with Crippen LogP contribution in [0.15, 0.2) is 23.8 Å². The lowest BCUT2D eigenvalue weighted by Gasteiger charge is -1.98. The summed E-state index contributed by atoms with van der Waals surface area (Å²) >= 11 is 1.41. The first-order chi connectivity index (χ1) is 7.25. The van der Waals surface area contributed by atoms with Crippen LogP contribution in [0.2, 0.25) is 0 Å². The van der Waals surface area contributed by atoms with Crippen LogP contribution in [0, 0.1) is 0 Å². The van der Waals surface area contributed by atoms with Gasteiger partial charge in [0.25, 0.3) is 5.91 Å². The van der Waals surface area contributed by atoms with Crippen molar-refractivity contribution in [1.82, 2.24) is 20.1 Å². The van der Waals surface area contributed by atoms with Crippen molar-refractivity contribution in [3.63, 3.8) is 0 Å². The Balaban J connectivity index is 1.91. The molecule has 0 aliphatic rings. The Bertz CT molecular complexity index is 448. The van der Waals surface area contributed by atoms with Gasteiger partial charge in [-0.3, -0.25) is 9.48 Å². The first kappa shape index (κ1) is 9.85. The van der Waals surface area contributed by atoms with Gasteiger partial charge in [-0.2, -0.15) is 5.10 Å². The van der Waals surface area contributed by atoms with Crippen LogP contribution in [0.25, 0.3) is 0 Å². The van der Waals surface area contributed by atoms with Gasteiger partial charge in [0.1, 0.15) is 6.33 Å². The third kappa shape index (κ3) is 2.41. The number of thiophene rings is 1. The third-order valence-electron chi connectivity index (χ3n) is 1.80. The highest BCUT2D eigenvalue weighted by molar-refractivity contribution is 7.12. The number of nitrogens with one attached hydrogen (secondary N) is 1. The number of hydrogen-bond acceptors (Lipinski definition) is 4. The van der Waals surface area contributed by atoms with Crippen LogP contribution in [-0.4, -0.2) is 20.7 Å². The minimum absolute atomic E-state index is 0.0857. The lowest BCUT2D eigenvalue weighted by Crippen LogP contribution is -2.22. The topological polar surface area (TPSA) is 59.8 Å². The predicted molar refractivity (Wildman–Crippen MR) is 56.5 cm³/mol. The zero-order valence-corrected chi connectivity index (χ0v) is 8.99. The van der Waals surface area contributed by atoms with Crippen LogP contribution in [0.4, 0.5) is 0 Å². The SMILES string of the molecule is Cn1cnc(CNC(=O)c2cccs2)n1. The standard InChI is InChI=1S/C9H10N4OS/c1-13-6-11-8(12-13)5-10-9(14)7-3-2-4-15-7/h2-4,6H,5H2,1H3,(H,10,14). The molecule has 1 N–H and O–H groups in total. The molecule has 6 heteroatoms. The number of aromatic nitrogens is 3. The number of carbonyl (C=O) groups is 1. The van der Waals surface area contributed by atoms with Crippen molar-refractivity contribution in [2.45, 2.75) is 6.54 Å². The highest BCUT2D eigenvalue weighted by atomic mass is 32.1. The van der Waals surface area contributed by atoms with Crippen molar-refractivity contribution in [3.05, 3.63) is 34.5 Å². The Labute approximate surface area is 90.8 Å². The second-order valence-electron chi connectivity index (χ2n) is 2.99. The fraction of sp³-hybridized carbons (Fsp3) is 0.222. The van der Waals surface area contributed by atoms with Gasteiger partial charge in [0.05, 0.1) is 11.4 Å². The third-order valence-corrected chi connectivity index (χ3v) is 2.67. The molecule has 5 nitrogen and oxygen atoms in total. The Morgan fingerprint density at radius 3 is 3.13 bits per heavy atom. The van der Waals surface area contributed by atoms with E-state index in [4.69, 9.17) is 0 Å². The minimum atomic E-state index is -0.0857. The first-order valence-electron chi connectivity index (χ1n) is 4.42. The second kappa shape index (κ2) is 4.22. The fourth-order valence-electron chi connectivity index (χ4n) is 1.12. The van der Waals surface area contributed by atoms with E-state index in [9.17, 15) is 4.79 Å². The number of aryl methyl sites for hydroxylation is 1. The lowest BCUT2D eigenvalue weighted by molar-refractivity contribution is 0.0954. The molecule has 15 heavy (non-hydrogen) atoms. The summed E-state index contributed by atoms with van der Waals surface area (Å²) in [4.78, 5) is 16.2. The van der Waals surface area contributed by atoms with E-state index in [-0.39, 0.29) is 5.91 Å². The smallest absolute Gasteiger partial charge is 0.261 e. The number of nitrogens with zero attached hydrogens (tertiary/aromatic N) is 3. The van der Waals surface area contributed by atoms with Gasteiger partial charge in [-0.15, -0.1) is 11.3 Å². The molecular formula is C9H10N4OS. The molecule has 0 atom stereocenters. The molecule has 0 aliphatic carbocycles. The highest BCUT2D eigenvalue weighted by Gasteiger charge is 2.06. The van der Waals surface area contributed by atoms with Crippen LogP contribution >= 0.6 is 11.3 Å². The average molecular weight is 222 g/mol. The van der Waals surface area contributed by atoms with E-state index in [0.717, 1.165) is 0 Å². The van der Waals surface area contributed by atoms with Crippen molar-refractivity contribution in [3.8, 4) is 0 Å². The van der Waals surface area contributed by atoms with E-state index in [1.807, 2.05) is 11.4 Å². The molecule has 2 heterocycles. The predicted octanol–water partition coefficient (Wildman–Crippen LogP) is 0.807. The van der Waals surface area contributed by atoms with Gasteiger partial charge in [0, 0.05) is 7.05 Å². The fourth-order valence-corrected chi connectivity index (χ4v) is 1.76. The first-order valence-corrected chi connectivity index (χ1v) is 5.30. The number of rotatable bonds is 3. The Morgan fingerprint density at radius 2 is 2.53 bits per heavy atom. The van der Waals surface area contributed by atoms with Crippen LogP contribution in [0.3, 0.4) is 0 Å². The van der Waals surface area contributed by atoms with E-state index < -0.39 is 0 Å². The zero-order chi connectivity index (χ0) is 10.7. The summed E-state index contributed by atoms with van der Waals surface area (Å²) < 4.78 is 1.60. The van der Waals surface area contributed by atoms with Crippen molar-refractivity contribution in [2.24, 2.45) is 7.05 Å². The molecular weight excluding hydrogens is 212 g/mol. The largest absolute Gasteiger partial charge is 0.344 e. The molecule has 2 rings (SSSR count). The van der Waals surface area contributed by atoms with Gasteiger partial charge in [-0.1, -0.05) is 6.07 Å². The van der Waals surface area contributed by atoms with E-state index in [1.54, 1.807) is 24.1 Å². The van der Waals surface area contributed by atoms with Gasteiger partial charge >= 0.3 is 0 Å². The molecule has 0 spiro atoms. The quantitative estimate of drug-likeness (QED) is 0.836. The Kier molecular flexibility index (Phi) is 2.77. The highest BCUT2D eigenvalue weighted by Crippen LogP contribution is 2.07. The molecule has 0 radical (unpaired) electrons. The maximum atomic E-state index is 11.5. The zero-order valence-electron chi connectivity index (χ0n) is 8.17. The van der Waals surface area contributed by atoms with Crippen LogP contribution in [0.5, 0.6) is 0 Å². The summed E-state index contributed by atoms with van der Waals surface area (Å²) in [5.41, 5.74) is 0. The lowest BCUT2D eigenvalue weighted by atomic mass is 10.4. The van der Waals surface area contributed by atoms with E-state index >= 15 is 0 Å². The van der Waals surface area contributed by atoms with Crippen molar-refractivity contribution >= 4 is 17.2 Å². The van der Waals surface area contributed by atoms with Gasteiger partial charge in [0.15, 0.2) is 5.82 Å². The molecule has 2 aromatic heterocycles. The molecule has 2 aromatic rings. The van der Waals surface area contributed by atoms with Gasteiger partial charge in [-0.25, -0.2) is 4.98 Å². The van der Waals surface area contributed by atoms with Crippen LogP contribution in [-0.2, 0) is 13.6 Å². The molecule has 0 aromatic carbocycles. The summed E-state index contributed by atoms with van der Waals surface area (Å²) in [5.74, 6) is 0.528. The maximum absolute atomic E-state index is 11.5. The summed E-state index contributed by atoms with van der Waals surface area (Å²) in [6, 6.07) is 3.63. The molecule has 1 amide bonds. The molecule has 0 bridgehead atoms. The molecule has 0 aliphatic heterocycles. The average Bonchev–Trinajstić information content (AvgIpc) is 2.84. The second-order valence-corrected chi connectivity index (χ2v) is 3.94. The maximum Gasteiger partial charge on any atom is 0.261 e. The summed E-state index contributed by atoms with van der Waals surface area (Å²) in [6.45, 7) is 0.359. The summed E-state index contributed by atoms with van der Waals surface area (Å²) in [5, 5.41) is 8.68. The minimum Gasteiger partial charge on any atom is -0.344 e. The molecule has 0 unspecified atom stereocenters. The molecule has 78 valence electrons. The summed E-state index contributed by atoms with van der Waals surface area (Å²) in [6.07, 6.45) is 1.60. The normalized spacial score (nSPS) is 10.2. The van der Waals surface area contributed by atoms with E-state index in [0.29, 0.717) is 17.2 Å². The number of amides is 1. The van der Waals surface area contributed by atoms with Crippen molar-refractivity contribution < 1.29 is 4.79 Å². The van der Waals surface area contributed by atoms with Crippen LogP contribution < -0.4 is 5.32 Å². The van der Waals surface area contributed by atoms with E-state index in [1.165, 1.54) is 11.3 Å². The van der Waals surface area contributed by atoms with Gasteiger partial charge in [0.2, 0.25) is 0 Å². The summed E-state index contributed by atoms with van der Waals surface area (Å²) in [7, 11) is 1.79. The molecule has 0 fully saturated rings. The molecule has 0 saturated carbocycles. The van der Waals surface area contributed by atoms with Gasteiger partial charge in [-0.05, 0) is 11.4 Å². The Morgan fingerprint density at radius 1 is 1.67 bits per heavy atom. The van der Waals surface area contributed by atoms with E-state index in [2.05, 4.69) is 15.4 Å². The van der Waals surface area contributed by atoms with Crippen molar-refractivity contribution in [1.29, 1.82) is 0 Å². The van der Waals surface area contributed by atoms with Crippen LogP contribution in [0.1, 0.15) is 15.5 Å². The Hall–Kier alpha value is -1.69.